The van der Waals surface area contributed by atoms with Crippen molar-refractivity contribution in [3.05, 3.63) is 24.3 Å². The molecule has 0 saturated heterocycles. The number of hydrogen-bond donors (Lipinski definition) is 0. The van der Waals surface area contributed by atoms with E-state index in [1.807, 2.05) is 30.0 Å². The van der Waals surface area contributed by atoms with Gasteiger partial charge >= 0.3 is 0 Å². The molecular formula is C16H26N4O. The minimum absolute atomic E-state index is 0.108. The largest absolute Gasteiger partial charge is 0.342 e. The Morgan fingerprint density at radius 1 is 1.33 bits per heavy atom. The van der Waals surface area contributed by atoms with E-state index in [1.165, 1.54) is 19.3 Å². The molecule has 1 amide bonds. The zero-order valence-corrected chi connectivity index (χ0v) is 13.3. The summed E-state index contributed by atoms with van der Waals surface area (Å²) < 4.78 is 0. The van der Waals surface area contributed by atoms with Crippen LogP contribution in [-0.2, 0) is 4.79 Å². The van der Waals surface area contributed by atoms with Gasteiger partial charge in [-0.15, -0.1) is 0 Å². The van der Waals surface area contributed by atoms with Crippen LogP contribution in [-0.4, -0.2) is 52.4 Å². The highest BCUT2D eigenvalue weighted by Gasteiger charge is 2.24. The summed E-state index contributed by atoms with van der Waals surface area (Å²) in [7, 11) is 3.92. The van der Waals surface area contributed by atoms with Crippen LogP contribution in [0.15, 0.2) is 18.6 Å². The van der Waals surface area contributed by atoms with Crippen molar-refractivity contribution in [1.82, 2.24) is 19.8 Å². The molecule has 1 aliphatic rings. The van der Waals surface area contributed by atoms with Crippen LogP contribution in [0.4, 0.5) is 0 Å². The van der Waals surface area contributed by atoms with Gasteiger partial charge in [-0.05, 0) is 32.9 Å². The number of hydrogen-bond acceptors (Lipinski definition) is 4. The van der Waals surface area contributed by atoms with Gasteiger partial charge in [0.15, 0.2) is 0 Å². The third-order valence-corrected chi connectivity index (χ3v) is 4.59. The highest BCUT2D eigenvalue weighted by molar-refractivity contribution is 5.78. The summed E-state index contributed by atoms with van der Waals surface area (Å²) in [4.78, 5) is 24.6. The van der Waals surface area contributed by atoms with E-state index in [9.17, 15) is 4.79 Å². The molecule has 1 heterocycles. The lowest BCUT2D eigenvalue weighted by atomic mass is 9.94. The van der Waals surface area contributed by atoms with Gasteiger partial charge in [0, 0.05) is 25.3 Å². The molecule has 0 aromatic carbocycles. The molecule has 116 valence electrons. The molecule has 21 heavy (non-hydrogen) atoms. The van der Waals surface area contributed by atoms with Crippen LogP contribution in [0.1, 0.15) is 50.8 Å². The molecule has 0 unspecified atom stereocenters. The highest BCUT2D eigenvalue weighted by atomic mass is 16.2. The maximum absolute atomic E-state index is 12.4. The van der Waals surface area contributed by atoms with E-state index in [-0.39, 0.29) is 11.9 Å². The van der Waals surface area contributed by atoms with Crippen LogP contribution in [0.5, 0.6) is 0 Å². The molecule has 1 aromatic rings. The second-order valence-electron chi connectivity index (χ2n) is 6.02. The fourth-order valence-electron chi connectivity index (χ4n) is 2.91. The molecule has 5 nitrogen and oxygen atoms in total. The van der Waals surface area contributed by atoms with Crippen LogP contribution in [0.25, 0.3) is 0 Å². The molecule has 1 atom stereocenters. The number of carbonyl (C=O) groups is 1. The van der Waals surface area contributed by atoms with Crippen LogP contribution < -0.4 is 0 Å². The van der Waals surface area contributed by atoms with Crippen LogP contribution in [0.3, 0.4) is 0 Å². The van der Waals surface area contributed by atoms with Gasteiger partial charge in [-0.2, -0.15) is 0 Å². The van der Waals surface area contributed by atoms with Crippen LogP contribution in [0, 0.1) is 0 Å². The average molecular weight is 290 g/mol. The van der Waals surface area contributed by atoms with Gasteiger partial charge in [0.05, 0.1) is 12.2 Å². The fourth-order valence-corrected chi connectivity index (χ4v) is 2.91. The Morgan fingerprint density at radius 3 is 2.67 bits per heavy atom. The smallest absolute Gasteiger partial charge is 0.236 e. The van der Waals surface area contributed by atoms with Crippen molar-refractivity contribution in [1.29, 1.82) is 0 Å². The molecular weight excluding hydrogens is 264 g/mol. The van der Waals surface area contributed by atoms with E-state index < -0.39 is 0 Å². The van der Waals surface area contributed by atoms with Crippen molar-refractivity contribution in [2.75, 3.05) is 20.6 Å². The van der Waals surface area contributed by atoms with Gasteiger partial charge in [0.2, 0.25) is 5.91 Å². The molecule has 0 N–H and O–H groups in total. The second-order valence-corrected chi connectivity index (χ2v) is 6.02. The number of likely N-dealkylation sites (N-methyl/N-ethyl adjacent to an activating group) is 2. The molecule has 1 aromatic heterocycles. The summed E-state index contributed by atoms with van der Waals surface area (Å²) >= 11 is 0. The highest BCUT2D eigenvalue weighted by Crippen LogP contribution is 2.22. The first-order valence-electron chi connectivity index (χ1n) is 7.81. The topological polar surface area (TPSA) is 49.3 Å². The molecule has 1 aliphatic carbocycles. The van der Waals surface area contributed by atoms with E-state index in [0.717, 1.165) is 18.5 Å². The molecule has 1 fully saturated rings. The van der Waals surface area contributed by atoms with Crippen molar-refractivity contribution in [3.8, 4) is 0 Å². The molecule has 1 saturated carbocycles. The Hall–Kier alpha value is -1.49. The normalized spacial score (nSPS) is 17.7. The maximum atomic E-state index is 12.4. The van der Waals surface area contributed by atoms with Crippen molar-refractivity contribution in [3.63, 3.8) is 0 Å². The summed E-state index contributed by atoms with van der Waals surface area (Å²) in [5.41, 5.74) is 0.945. The minimum atomic E-state index is 0.108. The maximum Gasteiger partial charge on any atom is 0.236 e. The Bertz CT molecular complexity index is 445. The van der Waals surface area contributed by atoms with Crippen molar-refractivity contribution < 1.29 is 4.79 Å². The van der Waals surface area contributed by atoms with Crippen molar-refractivity contribution in [2.45, 2.75) is 51.1 Å². The third-order valence-electron chi connectivity index (χ3n) is 4.59. The van der Waals surface area contributed by atoms with Gasteiger partial charge in [0.1, 0.15) is 6.33 Å². The van der Waals surface area contributed by atoms with Crippen molar-refractivity contribution >= 4 is 5.91 Å². The number of carbonyl (C=O) groups excluding carboxylic acids is 1. The number of amides is 1. The molecule has 2 rings (SSSR count). The number of rotatable bonds is 5. The summed E-state index contributed by atoms with van der Waals surface area (Å²) in [6.07, 6.45) is 9.38. The van der Waals surface area contributed by atoms with Gasteiger partial charge < -0.3 is 4.90 Å². The third kappa shape index (κ3) is 4.24. The lowest BCUT2D eigenvalue weighted by molar-refractivity contribution is -0.134. The van der Waals surface area contributed by atoms with Gasteiger partial charge in [-0.1, -0.05) is 19.3 Å². The molecule has 0 bridgehead atoms. The summed E-state index contributed by atoms with van der Waals surface area (Å²) in [6, 6.07) is 2.43. The monoisotopic (exact) mass is 290 g/mol. The lowest BCUT2D eigenvalue weighted by Crippen LogP contribution is -2.43. The average Bonchev–Trinajstić information content (AvgIpc) is 2.55. The standard InChI is InChI=1S/C16H26N4O/c1-13(15-9-10-17-12-18-15)19(2)11-16(21)20(3)14-7-5-4-6-8-14/h9-10,12-14H,4-8,11H2,1-3H3/t13-/m1/s1. The second kappa shape index (κ2) is 7.50. The Balaban J connectivity index is 1.89. The lowest BCUT2D eigenvalue weighted by Gasteiger charge is -2.33. The quantitative estimate of drug-likeness (QED) is 0.834. The van der Waals surface area contributed by atoms with Crippen LogP contribution >= 0.6 is 0 Å². The SMILES string of the molecule is C[C@H](c1ccncn1)N(C)CC(=O)N(C)C1CCCCC1. The number of nitrogens with zero attached hydrogens (tertiary/aromatic N) is 4. The zero-order valence-electron chi connectivity index (χ0n) is 13.3. The number of aromatic nitrogens is 2. The van der Waals surface area contributed by atoms with E-state index in [2.05, 4.69) is 16.9 Å². The van der Waals surface area contributed by atoms with E-state index in [0.29, 0.717) is 12.6 Å². The van der Waals surface area contributed by atoms with Gasteiger partial charge in [-0.3, -0.25) is 9.69 Å². The fraction of sp³-hybridized carbons (Fsp3) is 0.688. The van der Waals surface area contributed by atoms with Gasteiger partial charge in [0.25, 0.3) is 0 Å². The van der Waals surface area contributed by atoms with Crippen molar-refractivity contribution in [2.24, 2.45) is 0 Å². The summed E-state index contributed by atoms with van der Waals surface area (Å²) in [5, 5.41) is 0. The van der Waals surface area contributed by atoms with E-state index >= 15 is 0 Å². The molecule has 5 heteroatoms. The predicted molar refractivity (Wildman–Crippen MR) is 82.7 cm³/mol. The Morgan fingerprint density at radius 2 is 2.05 bits per heavy atom. The molecule has 0 aliphatic heterocycles. The molecule has 0 radical (unpaired) electrons. The Kier molecular flexibility index (Phi) is 5.67. The summed E-state index contributed by atoms with van der Waals surface area (Å²) in [5.74, 6) is 0.199. The molecule has 0 spiro atoms. The first-order valence-corrected chi connectivity index (χ1v) is 7.81. The first kappa shape index (κ1) is 15.9. The van der Waals surface area contributed by atoms with E-state index in [1.54, 1.807) is 12.5 Å². The minimum Gasteiger partial charge on any atom is -0.342 e. The summed E-state index contributed by atoms with van der Waals surface area (Å²) in [6.45, 7) is 2.49. The van der Waals surface area contributed by atoms with Gasteiger partial charge in [-0.25, -0.2) is 9.97 Å². The zero-order chi connectivity index (χ0) is 15.2. The van der Waals surface area contributed by atoms with Crippen LogP contribution in [0.2, 0.25) is 0 Å². The Labute approximate surface area is 127 Å². The first-order chi connectivity index (χ1) is 10.1. The predicted octanol–water partition coefficient (Wildman–Crippen LogP) is 2.26. The van der Waals surface area contributed by atoms with E-state index in [4.69, 9.17) is 0 Å².